The fraction of sp³-hybridized carbons (Fsp3) is 1.00. The topological polar surface area (TPSA) is 12.0 Å². The number of nitrogens with one attached hydrogen (secondary N) is 1. The quantitative estimate of drug-likeness (QED) is 0.626. The SMILES string of the molecule is CC(C)CCCC(C)(CNCC(C)C)C1CC1. The first-order valence-electron chi connectivity index (χ1n) is 7.65. The average Bonchev–Trinajstić information content (AvgIpc) is 2.99. The Morgan fingerprint density at radius 3 is 2.24 bits per heavy atom. The molecule has 0 heterocycles. The number of rotatable bonds is 9. The van der Waals surface area contributed by atoms with E-state index < -0.39 is 0 Å². The van der Waals surface area contributed by atoms with Crippen LogP contribution in [0.5, 0.6) is 0 Å². The highest BCUT2D eigenvalue weighted by Gasteiger charge is 2.40. The van der Waals surface area contributed by atoms with Crippen molar-refractivity contribution in [2.45, 2.75) is 66.7 Å². The molecule has 1 rings (SSSR count). The van der Waals surface area contributed by atoms with Crippen LogP contribution < -0.4 is 5.32 Å². The van der Waals surface area contributed by atoms with Crippen molar-refractivity contribution in [2.24, 2.45) is 23.2 Å². The smallest absolute Gasteiger partial charge is 0.000793 e. The summed E-state index contributed by atoms with van der Waals surface area (Å²) in [6, 6.07) is 0. The summed E-state index contributed by atoms with van der Waals surface area (Å²) in [6.45, 7) is 14.2. The van der Waals surface area contributed by atoms with E-state index in [-0.39, 0.29) is 0 Å². The first-order chi connectivity index (χ1) is 7.94. The van der Waals surface area contributed by atoms with Crippen LogP contribution in [0.2, 0.25) is 0 Å². The lowest BCUT2D eigenvalue weighted by atomic mass is 9.79. The molecule has 102 valence electrons. The Labute approximate surface area is 109 Å². The summed E-state index contributed by atoms with van der Waals surface area (Å²) in [6.07, 6.45) is 7.17. The lowest BCUT2D eigenvalue weighted by Gasteiger charge is -2.31. The van der Waals surface area contributed by atoms with Crippen molar-refractivity contribution in [1.82, 2.24) is 5.32 Å². The van der Waals surface area contributed by atoms with E-state index in [0.29, 0.717) is 5.41 Å². The molecule has 0 aliphatic heterocycles. The van der Waals surface area contributed by atoms with E-state index in [2.05, 4.69) is 39.9 Å². The van der Waals surface area contributed by atoms with Crippen LogP contribution in [0.4, 0.5) is 0 Å². The zero-order chi connectivity index (χ0) is 12.9. The number of hydrogen-bond acceptors (Lipinski definition) is 1. The first-order valence-corrected chi connectivity index (χ1v) is 7.65. The molecule has 0 saturated heterocycles. The maximum atomic E-state index is 3.68. The van der Waals surface area contributed by atoms with E-state index in [4.69, 9.17) is 0 Å². The summed E-state index contributed by atoms with van der Waals surface area (Å²) in [5.74, 6) is 2.64. The minimum absolute atomic E-state index is 0.573. The van der Waals surface area contributed by atoms with Gasteiger partial charge in [-0.15, -0.1) is 0 Å². The fourth-order valence-electron chi connectivity index (χ4n) is 2.78. The van der Waals surface area contributed by atoms with Crippen LogP contribution >= 0.6 is 0 Å². The molecule has 0 radical (unpaired) electrons. The van der Waals surface area contributed by atoms with E-state index >= 15 is 0 Å². The second-order valence-corrected chi connectivity index (χ2v) is 7.24. The summed E-state index contributed by atoms with van der Waals surface area (Å²) in [4.78, 5) is 0. The molecule has 0 aromatic carbocycles. The normalized spacial score (nSPS) is 19.9. The van der Waals surface area contributed by atoms with Crippen molar-refractivity contribution in [3.63, 3.8) is 0 Å². The molecular weight excluding hydrogens is 206 g/mol. The van der Waals surface area contributed by atoms with Gasteiger partial charge in [0, 0.05) is 6.54 Å². The molecule has 1 heteroatoms. The van der Waals surface area contributed by atoms with Crippen LogP contribution in [-0.2, 0) is 0 Å². The van der Waals surface area contributed by atoms with E-state index in [9.17, 15) is 0 Å². The molecule has 0 amide bonds. The van der Waals surface area contributed by atoms with E-state index in [1.165, 1.54) is 45.2 Å². The van der Waals surface area contributed by atoms with Gasteiger partial charge in [-0.2, -0.15) is 0 Å². The van der Waals surface area contributed by atoms with Crippen molar-refractivity contribution in [3.8, 4) is 0 Å². The fourth-order valence-corrected chi connectivity index (χ4v) is 2.78. The molecule has 0 spiro atoms. The standard InChI is InChI=1S/C16H33N/c1-13(2)7-6-10-16(5,15-8-9-15)12-17-11-14(3)4/h13-15,17H,6-12H2,1-5H3. The molecule has 0 bridgehead atoms. The van der Waals surface area contributed by atoms with Gasteiger partial charge >= 0.3 is 0 Å². The molecule has 1 aliphatic rings. The predicted molar refractivity (Wildman–Crippen MR) is 77.2 cm³/mol. The highest BCUT2D eigenvalue weighted by molar-refractivity contribution is 4.92. The van der Waals surface area contributed by atoms with Gasteiger partial charge in [0.05, 0.1) is 0 Å². The Hall–Kier alpha value is -0.0400. The molecule has 17 heavy (non-hydrogen) atoms. The summed E-state index contributed by atoms with van der Waals surface area (Å²) < 4.78 is 0. The Morgan fingerprint density at radius 2 is 1.76 bits per heavy atom. The summed E-state index contributed by atoms with van der Waals surface area (Å²) in [5, 5.41) is 3.68. The van der Waals surface area contributed by atoms with E-state index in [1.807, 2.05) is 0 Å². The van der Waals surface area contributed by atoms with E-state index in [0.717, 1.165) is 17.8 Å². The van der Waals surface area contributed by atoms with E-state index in [1.54, 1.807) is 0 Å². The average molecular weight is 239 g/mol. The van der Waals surface area contributed by atoms with Gasteiger partial charge < -0.3 is 5.32 Å². The minimum Gasteiger partial charge on any atom is -0.316 e. The second kappa shape index (κ2) is 6.78. The van der Waals surface area contributed by atoms with Gasteiger partial charge in [-0.1, -0.05) is 47.5 Å². The first kappa shape index (κ1) is 15.0. The molecule has 1 atom stereocenters. The minimum atomic E-state index is 0.573. The maximum Gasteiger partial charge on any atom is 0.000793 e. The molecule has 1 nitrogen and oxygen atoms in total. The van der Waals surface area contributed by atoms with Crippen LogP contribution in [0.1, 0.15) is 66.7 Å². The molecule has 1 saturated carbocycles. The van der Waals surface area contributed by atoms with Gasteiger partial charge in [0.2, 0.25) is 0 Å². The van der Waals surface area contributed by atoms with Crippen LogP contribution in [0.25, 0.3) is 0 Å². The van der Waals surface area contributed by atoms with Crippen molar-refractivity contribution in [3.05, 3.63) is 0 Å². The zero-order valence-electron chi connectivity index (χ0n) is 12.7. The number of hydrogen-bond donors (Lipinski definition) is 1. The van der Waals surface area contributed by atoms with Crippen LogP contribution in [0.3, 0.4) is 0 Å². The Balaban J connectivity index is 2.28. The van der Waals surface area contributed by atoms with Gasteiger partial charge in [-0.05, 0) is 49.0 Å². The Bertz CT molecular complexity index is 190. The zero-order valence-corrected chi connectivity index (χ0v) is 12.7. The molecular formula is C16H33N. The van der Waals surface area contributed by atoms with Gasteiger partial charge in [0.15, 0.2) is 0 Å². The molecule has 0 aromatic rings. The second-order valence-electron chi connectivity index (χ2n) is 7.24. The van der Waals surface area contributed by atoms with Gasteiger partial charge in [0.1, 0.15) is 0 Å². The summed E-state index contributed by atoms with van der Waals surface area (Å²) in [5.41, 5.74) is 0.573. The van der Waals surface area contributed by atoms with Crippen molar-refractivity contribution < 1.29 is 0 Å². The Kier molecular flexibility index (Phi) is 5.99. The van der Waals surface area contributed by atoms with Crippen molar-refractivity contribution >= 4 is 0 Å². The maximum absolute atomic E-state index is 3.68. The van der Waals surface area contributed by atoms with Crippen LogP contribution in [0.15, 0.2) is 0 Å². The third-order valence-electron chi connectivity index (χ3n) is 4.17. The summed E-state index contributed by atoms with van der Waals surface area (Å²) >= 11 is 0. The van der Waals surface area contributed by atoms with Gasteiger partial charge in [-0.3, -0.25) is 0 Å². The summed E-state index contributed by atoms with van der Waals surface area (Å²) in [7, 11) is 0. The molecule has 1 aliphatic carbocycles. The highest BCUT2D eigenvalue weighted by atomic mass is 14.9. The highest BCUT2D eigenvalue weighted by Crippen LogP contribution is 2.48. The van der Waals surface area contributed by atoms with Gasteiger partial charge in [-0.25, -0.2) is 0 Å². The largest absolute Gasteiger partial charge is 0.316 e. The third kappa shape index (κ3) is 5.90. The van der Waals surface area contributed by atoms with Crippen LogP contribution in [-0.4, -0.2) is 13.1 Å². The molecule has 0 aromatic heterocycles. The monoisotopic (exact) mass is 239 g/mol. The Morgan fingerprint density at radius 1 is 1.12 bits per heavy atom. The molecule has 1 unspecified atom stereocenters. The molecule has 1 fully saturated rings. The predicted octanol–water partition coefficient (Wildman–Crippen LogP) is 4.47. The lowest BCUT2D eigenvalue weighted by Crippen LogP contribution is -2.35. The van der Waals surface area contributed by atoms with Crippen LogP contribution in [0, 0.1) is 23.2 Å². The third-order valence-corrected chi connectivity index (χ3v) is 4.17. The van der Waals surface area contributed by atoms with Gasteiger partial charge in [0.25, 0.3) is 0 Å². The van der Waals surface area contributed by atoms with Crippen molar-refractivity contribution in [1.29, 1.82) is 0 Å². The van der Waals surface area contributed by atoms with Crippen molar-refractivity contribution in [2.75, 3.05) is 13.1 Å². The molecule has 1 N–H and O–H groups in total. The lowest BCUT2D eigenvalue weighted by molar-refractivity contribution is 0.222.